The summed E-state index contributed by atoms with van der Waals surface area (Å²) in [6.07, 6.45) is 4.43. The molecule has 1 atom stereocenters. The van der Waals surface area contributed by atoms with E-state index >= 15 is 0 Å². The van der Waals surface area contributed by atoms with Crippen LogP contribution in [0.1, 0.15) is 29.5 Å². The van der Waals surface area contributed by atoms with Crippen LogP contribution < -0.4 is 9.75 Å². The lowest BCUT2D eigenvalue weighted by Crippen LogP contribution is -2.17. The van der Waals surface area contributed by atoms with Crippen LogP contribution in [0.5, 0.6) is 5.75 Å². The SMILES string of the molecule is COc1ccc(C2=NN(c3nc(-c4cn(C)nc4C)cs3)C(c3ccco3)C2)cc1. The van der Waals surface area contributed by atoms with Gasteiger partial charge in [0.25, 0.3) is 0 Å². The van der Waals surface area contributed by atoms with Gasteiger partial charge in [-0.2, -0.15) is 10.2 Å². The molecule has 3 aromatic heterocycles. The molecule has 0 saturated heterocycles. The second-order valence-corrected chi connectivity index (χ2v) is 8.01. The number of hydrogen-bond acceptors (Lipinski definition) is 7. The Bertz CT molecular complexity index is 1190. The van der Waals surface area contributed by atoms with E-state index in [0.29, 0.717) is 0 Å². The van der Waals surface area contributed by atoms with Crippen LogP contribution in [0.4, 0.5) is 5.13 Å². The van der Waals surface area contributed by atoms with Crippen molar-refractivity contribution in [3.63, 3.8) is 0 Å². The summed E-state index contributed by atoms with van der Waals surface area (Å²) >= 11 is 1.57. The van der Waals surface area contributed by atoms with Gasteiger partial charge >= 0.3 is 0 Å². The lowest BCUT2D eigenvalue weighted by Gasteiger charge is -2.18. The van der Waals surface area contributed by atoms with E-state index in [2.05, 4.69) is 10.5 Å². The number of nitrogens with zero attached hydrogens (tertiary/aromatic N) is 5. The highest BCUT2D eigenvalue weighted by Crippen LogP contribution is 2.39. The van der Waals surface area contributed by atoms with Crippen molar-refractivity contribution in [3.05, 3.63) is 71.3 Å². The highest BCUT2D eigenvalue weighted by molar-refractivity contribution is 7.14. The molecule has 1 aromatic carbocycles. The van der Waals surface area contributed by atoms with Crippen molar-refractivity contribution in [2.75, 3.05) is 12.1 Å². The summed E-state index contributed by atoms with van der Waals surface area (Å²) in [6.45, 7) is 2.00. The third-order valence-corrected chi connectivity index (χ3v) is 6.01. The first-order valence-electron chi connectivity index (χ1n) is 9.63. The average molecular weight is 420 g/mol. The molecule has 1 unspecified atom stereocenters. The van der Waals surface area contributed by atoms with Crippen LogP contribution in [0.25, 0.3) is 11.3 Å². The highest BCUT2D eigenvalue weighted by Gasteiger charge is 2.33. The molecule has 1 aliphatic rings. The summed E-state index contributed by atoms with van der Waals surface area (Å²) in [7, 11) is 3.59. The molecule has 4 heterocycles. The van der Waals surface area contributed by atoms with Gasteiger partial charge in [-0.05, 0) is 48.9 Å². The quantitative estimate of drug-likeness (QED) is 0.464. The second-order valence-electron chi connectivity index (χ2n) is 7.17. The Morgan fingerprint density at radius 3 is 2.70 bits per heavy atom. The van der Waals surface area contributed by atoms with Crippen molar-refractivity contribution < 1.29 is 9.15 Å². The van der Waals surface area contributed by atoms with Crippen LogP contribution in [0.3, 0.4) is 0 Å². The largest absolute Gasteiger partial charge is 0.497 e. The maximum Gasteiger partial charge on any atom is 0.207 e. The molecule has 0 fully saturated rings. The Kier molecular flexibility index (Phi) is 4.63. The van der Waals surface area contributed by atoms with Crippen LogP contribution in [-0.4, -0.2) is 27.6 Å². The maximum atomic E-state index is 5.73. The molecule has 0 N–H and O–H groups in total. The molecule has 5 rings (SSSR count). The van der Waals surface area contributed by atoms with E-state index in [9.17, 15) is 0 Å². The van der Waals surface area contributed by atoms with Crippen molar-refractivity contribution in [1.29, 1.82) is 0 Å². The summed E-state index contributed by atoms with van der Waals surface area (Å²) in [5, 5.41) is 14.2. The molecule has 8 heteroatoms. The number of thiazole rings is 1. The summed E-state index contributed by atoms with van der Waals surface area (Å²) in [5.74, 6) is 1.70. The normalized spacial score (nSPS) is 16.2. The first-order valence-corrected chi connectivity index (χ1v) is 10.5. The monoisotopic (exact) mass is 419 g/mol. The smallest absolute Gasteiger partial charge is 0.207 e. The molecule has 0 saturated carbocycles. The van der Waals surface area contributed by atoms with Crippen molar-refractivity contribution in [3.8, 4) is 17.0 Å². The number of methoxy groups -OCH3 is 1. The standard InChI is InChI=1S/C22H21N5O2S/c1-14-17(12-26(2)24-14)19-13-30-22(23-19)27-20(21-5-4-10-29-21)11-18(25-27)15-6-8-16(28-3)9-7-15/h4-10,12-13,20H,11H2,1-3H3. The zero-order chi connectivity index (χ0) is 20.7. The molecule has 1 aliphatic heterocycles. The number of benzene rings is 1. The van der Waals surface area contributed by atoms with Crippen LogP contribution in [-0.2, 0) is 7.05 Å². The van der Waals surface area contributed by atoms with Crippen LogP contribution in [0.2, 0.25) is 0 Å². The molecular formula is C22H21N5O2S. The van der Waals surface area contributed by atoms with E-state index in [1.807, 2.05) is 66.3 Å². The molecule has 7 nitrogen and oxygen atoms in total. The number of hydrazone groups is 1. The minimum absolute atomic E-state index is 0.0360. The highest BCUT2D eigenvalue weighted by atomic mass is 32.1. The number of rotatable bonds is 5. The Morgan fingerprint density at radius 1 is 1.20 bits per heavy atom. The van der Waals surface area contributed by atoms with Crippen LogP contribution >= 0.6 is 11.3 Å². The van der Waals surface area contributed by atoms with Gasteiger partial charge in [0.15, 0.2) is 0 Å². The summed E-state index contributed by atoms with van der Waals surface area (Å²) in [4.78, 5) is 4.87. The number of furan rings is 1. The van der Waals surface area contributed by atoms with Crippen molar-refractivity contribution in [2.24, 2.45) is 12.1 Å². The number of aromatic nitrogens is 3. The van der Waals surface area contributed by atoms with Crippen LogP contribution in [0.15, 0.2) is 63.8 Å². The topological polar surface area (TPSA) is 68.7 Å². The van der Waals surface area contributed by atoms with E-state index in [-0.39, 0.29) is 6.04 Å². The number of ether oxygens (including phenoxy) is 1. The van der Waals surface area contributed by atoms with E-state index < -0.39 is 0 Å². The van der Waals surface area contributed by atoms with E-state index in [1.54, 1.807) is 24.7 Å². The van der Waals surface area contributed by atoms with E-state index in [1.165, 1.54) is 0 Å². The van der Waals surface area contributed by atoms with Gasteiger partial charge in [0, 0.05) is 30.6 Å². The lowest BCUT2D eigenvalue weighted by atomic mass is 10.0. The maximum absolute atomic E-state index is 5.73. The summed E-state index contributed by atoms with van der Waals surface area (Å²) in [5.41, 5.74) is 4.96. The van der Waals surface area contributed by atoms with Gasteiger partial charge in [0.2, 0.25) is 5.13 Å². The molecule has 4 aromatic rings. The first-order chi connectivity index (χ1) is 14.6. The van der Waals surface area contributed by atoms with Crippen LogP contribution in [0, 0.1) is 6.92 Å². The summed E-state index contributed by atoms with van der Waals surface area (Å²) < 4.78 is 12.8. The number of hydrogen-bond donors (Lipinski definition) is 0. The fourth-order valence-corrected chi connectivity index (χ4v) is 4.52. The Labute approximate surface area is 178 Å². The van der Waals surface area contributed by atoms with Crippen molar-refractivity contribution >= 4 is 22.2 Å². The van der Waals surface area contributed by atoms with Gasteiger partial charge in [0.05, 0.1) is 30.5 Å². The van der Waals surface area contributed by atoms with Gasteiger partial charge in [0.1, 0.15) is 17.6 Å². The molecule has 0 bridgehead atoms. The van der Waals surface area contributed by atoms with Gasteiger partial charge < -0.3 is 9.15 Å². The average Bonchev–Trinajstić information content (AvgIpc) is 3.53. The summed E-state index contributed by atoms with van der Waals surface area (Å²) in [6, 6.07) is 11.8. The minimum Gasteiger partial charge on any atom is -0.497 e. The predicted molar refractivity (Wildman–Crippen MR) is 117 cm³/mol. The minimum atomic E-state index is -0.0360. The van der Waals surface area contributed by atoms with Gasteiger partial charge in [-0.25, -0.2) is 9.99 Å². The lowest BCUT2D eigenvalue weighted by molar-refractivity contribution is 0.415. The molecule has 152 valence electrons. The molecular weight excluding hydrogens is 398 g/mol. The fourth-order valence-electron chi connectivity index (χ4n) is 3.69. The number of aryl methyl sites for hydroxylation is 2. The fraction of sp³-hybridized carbons (Fsp3) is 0.227. The van der Waals surface area contributed by atoms with E-state index in [0.717, 1.165) is 51.3 Å². The Balaban J connectivity index is 1.51. The first kappa shape index (κ1) is 18.6. The van der Waals surface area contributed by atoms with Gasteiger partial charge in [-0.3, -0.25) is 4.68 Å². The van der Waals surface area contributed by atoms with Gasteiger partial charge in [-0.15, -0.1) is 11.3 Å². The van der Waals surface area contributed by atoms with Gasteiger partial charge in [-0.1, -0.05) is 0 Å². The Morgan fingerprint density at radius 2 is 2.03 bits per heavy atom. The zero-order valence-corrected chi connectivity index (χ0v) is 17.8. The predicted octanol–water partition coefficient (Wildman–Crippen LogP) is 4.81. The Hall–Kier alpha value is -3.39. The molecule has 0 spiro atoms. The van der Waals surface area contributed by atoms with Crippen molar-refractivity contribution in [1.82, 2.24) is 14.8 Å². The second kappa shape index (κ2) is 7.46. The third-order valence-electron chi connectivity index (χ3n) is 5.18. The number of anilines is 1. The molecule has 0 radical (unpaired) electrons. The van der Waals surface area contributed by atoms with E-state index in [4.69, 9.17) is 19.2 Å². The van der Waals surface area contributed by atoms with Crippen molar-refractivity contribution in [2.45, 2.75) is 19.4 Å². The molecule has 0 amide bonds. The molecule has 30 heavy (non-hydrogen) atoms. The zero-order valence-electron chi connectivity index (χ0n) is 16.9. The third kappa shape index (κ3) is 3.29. The molecule has 0 aliphatic carbocycles.